The molecule has 8 atom stereocenters. The maximum Gasteiger partial charge on any atom is 0.317 e. The van der Waals surface area contributed by atoms with Crippen LogP contribution in [-0.2, 0) is 0 Å². The molecule has 1 saturated heterocycles. The fourth-order valence-corrected chi connectivity index (χ4v) is 10.6. The third-order valence-electron chi connectivity index (χ3n) is 11.8. The Kier molecular flexibility index (Phi) is 5.55. The van der Waals surface area contributed by atoms with Gasteiger partial charge in [-0.05, 0) is 99.7 Å². The molecule has 0 spiro atoms. The first-order valence-corrected chi connectivity index (χ1v) is 15.1. The van der Waals surface area contributed by atoms with E-state index in [0.717, 1.165) is 61.4 Å². The highest BCUT2D eigenvalue weighted by molar-refractivity contribution is 5.76. The average molecular weight is 483 g/mol. The molecule has 6 heteroatoms. The van der Waals surface area contributed by atoms with Gasteiger partial charge in [0.2, 0.25) is 0 Å². The van der Waals surface area contributed by atoms with Crippen LogP contribution in [0.15, 0.2) is 0 Å². The normalized spacial score (nSPS) is 46.2. The fourth-order valence-electron chi connectivity index (χ4n) is 10.6. The molecule has 1 aliphatic heterocycles. The van der Waals surface area contributed by atoms with E-state index in [0.29, 0.717) is 0 Å². The monoisotopic (exact) mass is 482 g/mol. The van der Waals surface area contributed by atoms with Crippen molar-refractivity contribution < 1.29 is 9.59 Å². The summed E-state index contributed by atoms with van der Waals surface area (Å²) >= 11 is 0. The van der Waals surface area contributed by atoms with E-state index in [2.05, 4.69) is 16.0 Å². The molecule has 4 amide bonds. The van der Waals surface area contributed by atoms with E-state index in [4.69, 9.17) is 0 Å². The number of nitrogens with zero attached hydrogens (tertiary/aromatic N) is 1. The van der Waals surface area contributed by atoms with Gasteiger partial charge >= 0.3 is 12.1 Å². The summed E-state index contributed by atoms with van der Waals surface area (Å²) in [4.78, 5) is 28.3. The summed E-state index contributed by atoms with van der Waals surface area (Å²) < 4.78 is 0. The maximum absolute atomic E-state index is 13.3. The Morgan fingerprint density at radius 3 is 1.77 bits per heavy atom. The lowest BCUT2D eigenvalue weighted by molar-refractivity contribution is 0.142. The molecule has 0 radical (unpaired) electrons. The van der Waals surface area contributed by atoms with Crippen molar-refractivity contribution in [3.8, 4) is 0 Å². The molecule has 1 heterocycles. The first kappa shape index (κ1) is 22.7. The van der Waals surface area contributed by atoms with Gasteiger partial charge in [0.15, 0.2) is 0 Å². The number of fused-ring (bicyclic) bond motifs is 4. The van der Waals surface area contributed by atoms with E-state index in [-0.39, 0.29) is 29.2 Å². The Morgan fingerprint density at radius 2 is 1.17 bits per heavy atom. The molecule has 0 aromatic carbocycles. The lowest BCUT2D eigenvalue weighted by atomic mass is 9.75. The zero-order valence-electron chi connectivity index (χ0n) is 21.5. The SMILES string of the molecule is O=C(NC1CCN(C(=O)NC23CC4CCCC(C2)C(C4)C3)CC1)NC12CC3CCCC(C1)C(C3)C2. The number of carbonyl (C=O) groups excluding carboxylic acids is 2. The second-order valence-corrected chi connectivity index (χ2v) is 14.2. The zero-order valence-corrected chi connectivity index (χ0v) is 21.5. The van der Waals surface area contributed by atoms with Gasteiger partial charge in [-0.2, -0.15) is 0 Å². The molecule has 0 aromatic heterocycles. The highest BCUT2D eigenvalue weighted by atomic mass is 16.2. The molecule has 7 fully saturated rings. The highest BCUT2D eigenvalue weighted by Gasteiger charge is 2.53. The second-order valence-electron chi connectivity index (χ2n) is 14.2. The minimum atomic E-state index is 0.0400. The van der Waals surface area contributed by atoms with Crippen molar-refractivity contribution in [2.24, 2.45) is 35.5 Å². The Bertz CT molecular complexity index is 848. The van der Waals surface area contributed by atoms with Gasteiger partial charge in [0.05, 0.1) is 0 Å². The van der Waals surface area contributed by atoms with Crippen molar-refractivity contribution in [2.75, 3.05) is 13.1 Å². The van der Waals surface area contributed by atoms with E-state index in [1.54, 1.807) is 0 Å². The first-order valence-electron chi connectivity index (χ1n) is 15.1. The number of carbonyl (C=O) groups is 2. The number of amides is 4. The number of rotatable bonds is 3. The van der Waals surface area contributed by atoms with Crippen molar-refractivity contribution >= 4 is 12.1 Å². The predicted octanol–water partition coefficient (Wildman–Crippen LogP) is 5.18. The van der Waals surface area contributed by atoms with E-state index in [9.17, 15) is 9.59 Å². The van der Waals surface area contributed by atoms with Gasteiger partial charge in [-0.3, -0.25) is 0 Å². The fraction of sp³-hybridized carbons (Fsp3) is 0.931. The summed E-state index contributed by atoms with van der Waals surface area (Å²) in [6, 6.07) is 0.370. The van der Waals surface area contributed by atoms with Crippen LogP contribution >= 0.6 is 0 Å². The first-order chi connectivity index (χ1) is 17.0. The van der Waals surface area contributed by atoms with Crippen LogP contribution in [0, 0.1) is 35.5 Å². The van der Waals surface area contributed by atoms with Crippen LogP contribution in [0.4, 0.5) is 9.59 Å². The lowest BCUT2D eigenvalue weighted by Crippen LogP contribution is -2.58. The van der Waals surface area contributed by atoms with E-state index < -0.39 is 0 Å². The van der Waals surface area contributed by atoms with Crippen LogP contribution in [0.2, 0.25) is 0 Å². The molecule has 6 aliphatic carbocycles. The summed E-state index contributed by atoms with van der Waals surface area (Å²) in [5, 5.41) is 10.3. The number of piperidine rings is 1. The van der Waals surface area contributed by atoms with Gasteiger partial charge in [0.25, 0.3) is 0 Å². The van der Waals surface area contributed by atoms with Gasteiger partial charge in [0.1, 0.15) is 0 Å². The summed E-state index contributed by atoms with van der Waals surface area (Å²) in [5.74, 6) is 5.02. The van der Waals surface area contributed by atoms with Crippen molar-refractivity contribution in [3.05, 3.63) is 0 Å². The van der Waals surface area contributed by atoms with Crippen LogP contribution < -0.4 is 16.0 Å². The van der Waals surface area contributed by atoms with Gasteiger partial charge in [0, 0.05) is 30.2 Å². The minimum absolute atomic E-state index is 0.0400. The molecular formula is C29H46N4O2. The number of hydrogen-bond donors (Lipinski definition) is 3. The molecule has 8 unspecified atom stereocenters. The van der Waals surface area contributed by atoms with E-state index in [1.807, 2.05) is 4.90 Å². The van der Waals surface area contributed by atoms with E-state index in [1.165, 1.54) is 89.9 Å². The minimum Gasteiger partial charge on any atom is -0.335 e. The second kappa shape index (κ2) is 8.55. The number of urea groups is 2. The quantitative estimate of drug-likeness (QED) is 0.519. The molecule has 6 nitrogen and oxygen atoms in total. The van der Waals surface area contributed by atoms with Crippen LogP contribution in [0.3, 0.4) is 0 Å². The van der Waals surface area contributed by atoms with Crippen molar-refractivity contribution in [2.45, 2.75) is 120 Å². The van der Waals surface area contributed by atoms with Gasteiger partial charge in [-0.25, -0.2) is 9.59 Å². The van der Waals surface area contributed by atoms with Gasteiger partial charge in [-0.1, -0.05) is 38.5 Å². The molecule has 7 aliphatic rings. The van der Waals surface area contributed by atoms with Gasteiger partial charge in [-0.15, -0.1) is 0 Å². The lowest BCUT2D eigenvalue weighted by Gasteiger charge is -2.41. The Morgan fingerprint density at radius 1 is 0.629 bits per heavy atom. The third-order valence-corrected chi connectivity index (χ3v) is 11.8. The van der Waals surface area contributed by atoms with Gasteiger partial charge < -0.3 is 20.9 Å². The number of likely N-dealkylation sites (tertiary alicyclic amines) is 1. The molecule has 6 bridgehead atoms. The van der Waals surface area contributed by atoms with Crippen LogP contribution in [0.5, 0.6) is 0 Å². The summed E-state index contributed by atoms with van der Waals surface area (Å²) in [5.41, 5.74) is 0.127. The highest BCUT2D eigenvalue weighted by Crippen LogP contribution is 2.56. The molecule has 7 rings (SSSR count). The van der Waals surface area contributed by atoms with Crippen LogP contribution in [0.25, 0.3) is 0 Å². The molecule has 35 heavy (non-hydrogen) atoms. The molecular weight excluding hydrogens is 436 g/mol. The predicted molar refractivity (Wildman–Crippen MR) is 136 cm³/mol. The third kappa shape index (κ3) is 4.25. The van der Waals surface area contributed by atoms with Crippen molar-refractivity contribution in [1.29, 1.82) is 0 Å². The summed E-state index contributed by atoms with van der Waals surface area (Å²) in [6.45, 7) is 1.50. The number of nitrogens with one attached hydrogen (secondary N) is 3. The van der Waals surface area contributed by atoms with Crippen molar-refractivity contribution in [3.63, 3.8) is 0 Å². The number of hydrogen-bond acceptors (Lipinski definition) is 2. The molecule has 0 aromatic rings. The topological polar surface area (TPSA) is 73.5 Å². The van der Waals surface area contributed by atoms with Crippen LogP contribution in [0.1, 0.15) is 103 Å². The summed E-state index contributed by atoms with van der Waals surface area (Å²) in [6.07, 6.45) is 20.0. The Labute approximate surface area is 211 Å². The largest absolute Gasteiger partial charge is 0.335 e. The molecule has 194 valence electrons. The standard InChI is InChI=1S/C29H46N4O2/c34-26(31-28-13-19-3-1-5-21(15-28)23(11-19)17-28)30-25-7-9-33(10-8-25)27(35)32-29-14-20-4-2-6-22(16-29)24(12-20)18-29/h19-25H,1-18H2,(H,32,35)(H2,30,31,34). The molecule has 6 saturated carbocycles. The van der Waals surface area contributed by atoms with E-state index >= 15 is 0 Å². The Balaban J connectivity index is 0.899. The Hall–Kier alpha value is -1.46. The summed E-state index contributed by atoms with van der Waals surface area (Å²) in [7, 11) is 0. The maximum atomic E-state index is 13.3. The smallest absolute Gasteiger partial charge is 0.317 e. The zero-order chi connectivity index (χ0) is 23.6. The average Bonchev–Trinajstić information content (AvgIpc) is 3.06. The van der Waals surface area contributed by atoms with Crippen LogP contribution in [-0.4, -0.2) is 47.2 Å². The molecule has 3 N–H and O–H groups in total. The van der Waals surface area contributed by atoms with Crippen molar-refractivity contribution in [1.82, 2.24) is 20.9 Å².